The van der Waals surface area contributed by atoms with Gasteiger partial charge in [-0.25, -0.2) is 0 Å². The Kier molecular flexibility index (Phi) is 8.90. The summed E-state index contributed by atoms with van der Waals surface area (Å²) in [5.74, 6) is 0.189. The topological polar surface area (TPSA) is 77.6 Å². The maximum Gasteiger partial charge on any atom is 0.256 e. The van der Waals surface area contributed by atoms with Gasteiger partial charge in [-0.3, -0.25) is 14.6 Å². The number of benzene rings is 2. The molecule has 1 aliphatic heterocycles. The van der Waals surface area contributed by atoms with E-state index >= 15 is 0 Å². The lowest BCUT2D eigenvalue weighted by molar-refractivity contribution is 0.0735. The van der Waals surface area contributed by atoms with E-state index in [1.165, 1.54) is 0 Å². The van der Waals surface area contributed by atoms with E-state index in [1.807, 2.05) is 59.5 Å². The van der Waals surface area contributed by atoms with Crippen molar-refractivity contribution in [2.75, 3.05) is 20.6 Å². The van der Waals surface area contributed by atoms with E-state index in [0.29, 0.717) is 29.5 Å². The molecule has 2 aliphatic rings. The second-order valence-electron chi connectivity index (χ2n) is 10.9. The fraction of sp³-hybridized carbons (Fsp3) is 0.303. The molecule has 1 fully saturated rings. The monoisotopic (exact) mass is 567 g/mol. The molecule has 0 bridgehead atoms. The van der Waals surface area contributed by atoms with Crippen LogP contribution >= 0.6 is 12.6 Å². The van der Waals surface area contributed by atoms with Crippen LogP contribution < -0.4 is 10.6 Å². The number of nitrogens with one attached hydrogen (secondary N) is 2. The molecule has 0 spiro atoms. The van der Waals surface area contributed by atoms with Crippen molar-refractivity contribution in [1.82, 2.24) is 25.4 Å². The lowest BCUT2D eigenvalue weighted by Crippen LogP contribution is -2.35. The summed E-state index contributed by atoms with van der Waals surface area (Å²) in [6, 6.07) is 19.5. The number of carbonyl (C=O) groups excluding carboxylic acids is 2. The average molecular weight is 568 g/mol. The van der Waals surface area contributed by atoms with Gasteiger partial charge in [0, 0.05) is 46.7 Å². The minimum Gasteiger partial charge on any atom is -0.345 e. The molecular formula is C33H37N5O2S. The summed E-state index contributed by atoms with van der Waals surface area (Å²) in [6.07, 6.45) is 8.03. The van der Waals surface area contributed by atoms with Gasteiger partial charge in [-0.05, 0) is 99.3 Å². The molecule has 3 aromatic rings. The standard InChI is InChI=1S/C33H37N5O2S/c1-22(35-29-14-13-28(37(2)3)21-31(29)41)36-32(39)27-7-4-6-26(20-27)30-8-5-19-38(30)33(40)25-11-9-23(10-12-25)24-15-17-34-18-16-24/h4,6-7,9-12,15-18,20,28,30,35,41H,1,5,8,13-14,19,21H2,2-3H3,(H,36,39)/t28-,30+/m0/s1. The molecule has 0 unspecified atom stereocenters. The van der Waals surface area contributed by atoms with Gasteiger partial charge >= 0.3 is 0 Å². The zero-order valence-corrected chi connectivity index (χ0v) is 24.5. The van der Waals surface area contributed by atoms with Crippen LogP contribution in [0, 0.1) is 0 Å². The first-order valence-electron chi connectivity index (χ1n) is 14.1. The number of likely N-dealkylation sites (tertiary alicyclic amines) is 1. The maximum atomic E-state index is 13.5. The van der Waals surface area contributed by atoms with E-state index in [0.717, 1.165) is 59.4 Å². The van der Waals surface area contributed by atoms with Crippen LogP contribution in [0.1, 0.15) is 64.4 Å². The summed E-state index contributed by atoms with van der Waals surface area (Å²) < 4.78 is 0. The van der Waals surface area contributed by atoms with Gasteiger partial charge in [-0.15, -0.1) is 12.6 Å². The Labute approximate surface area is 247 Å². The lowest BCUT2D eigenvalue weighted by Gasteiger charge is -2.30. The molecule has 1 aromatic heterocycles. The number of pyridine rings is 1. The molecule has 8 heteroatoms. The third-order valence-corrected chi connectivity index (χ3v) is 8.45. The van der Waals surface area contributed by atoms with Gasteiger partial charge in [0.05, 0.1) is 6.04 Å². The number of allylic oxidation sites excluding steroid dienone is 1. The van der Waals surface area contributed by atoms with Crippen LogP contribution in [0.4, 0.5) is 0 Å². The fourth-order valence-corrected chi connectivity index (χ4v) is 6.04. The van der Waals surface area contributed by atoms with Gasteiger partial charge in [0.25, 0.3) is 11.8 Å². The van der Waals surface area contributed by atoms with Crippen LogP contribution in [0.25, 0.3) is 11.1 Å². The molecular weight excluding hydrogens is 530 g/mol. The number of hydrogen-bond acceptors (Lipinski definition) is 6. The van der Waals surface area contributed by atoms with Crippen molar-refractivity contribution < 1.29 is 9.59 Å². The summed E-state index contributed by atoms with van der Waals surface area (Å²) in [7, 11) is 4.17. The number of thiol groups is 1. The molecule has 2 N–H and O–H groups in total. The summed E-state index contributed by atoms with van der Waals surface area (Å²) in [5, 5.41) is 6.14. The van der Waals surface area contributed by atoms with Gasteiger partial charge in [0.15, 0.2) is 0 Å². The molecule has 7 nitrogen and oxygen atoms in total. The second kappa shape index (κ2) is 12.7. The Hall–Kier alpha value is -3.88. The summed E-state index contributed by atoms with van der Waals surface area (Å²) >= 11 is 4.68. The fourth-order valence-electron chi connectivity index (χ4n) is 5.66. The highest BCUT2D eigenvalue weighted by atomic mass is 32.1. The molecule has 5 rings (SSSR count). The van der Waals surface area contributed by atoms with Crippen LogP contribution in [0.15, 0.2) is 96.1 Å². The van der Waals surface area contributed by atoms with Crippen molar-refractivity contribution in [1.29, 1.82) is 0 Å². The Morgan fingerprint density at radius 2 is 1.73 bits per heavy atom. The molecule has 1 aliphatic carbocycles. The van der Waals surface area contributed by atoms with Crippen LogP contribution in [0.3, 0.4) is 0 Å². The van der Waals surface area contributed by atoms with Crippen molar-refractivity contribution in [2.24, 2.45) is 0 Å². The molecule has 2 atom stereocenters. The lowest BCUT2D eigenvalue weighted by atomic mass is 9.98. The van der Waals surface area contributed by atoms with Crippen LogP contribution in [0.5, 0.6) is 0 Å². The van der Waals surface area contributed by atoms with Crippen molar-refractivity contribution in [3.05, 3.63) is 113 Å². The SMILES string of the molecule is C=C(NC(=O)c1cccc([C@H]2CCCN2C(=O)c2ccc(-c3ccncc3)cc2)c1)NC1=C(S)C[C@@H](N(C)C)CC1. The third kappa shape index (κ3) is 6.72. The van der Waals surface area contributed by atoms with Crippen molar-refractivity contribution in [2.45, 2.75) is 44.2 Å². The van der Waals surface area contributed by atoms with E-state index in [2.05, 4.69) is 53.8 Å². The predicted octanol–water partition coefficient (Wildman–Crippen LogP) is 5.77. The van der Waals surface area contributed by atoms with Crippen molar-refractivity contribution in [3.8, 4) is 11.1 Å². The summed E-state index contributed by atoms with van der Waals surface area (Å²) in [5.41, 5.74) is 5.24. The quantitative estimate of drug-likeness (QED) is 0.301. The highest BCUT2D eigenvalue weighted by Gasteiger charge is 2.31. The van der Waals surface area contributed by atoms with Crippen LogP contribution in [-0.4, -0.2) is 53.3 Å². The van der Waals surface area contributed by atoms with Gasteiger partial charge in [-0.1, -0.05) is 30.8 Å². The zero-order chi connectivity index (χ0) is 28.9. The highest BCUT2D eigenvalue weighted by Crippen LogP contribution is 2.34. The normalized spacial score (nSPS) is 18.9. The van der Waals surface area contributed by atoms with E-state index in [-0.39, 0.29) is 17.9 Å². The first-order chi connectivity index (χ1) is 19.8. The zero-order valence-electron chi connectivity index (χ0n) is 23.6. The molecule has 0 radical (unpaired) electrons. The number of nitrogens with zero attached hydrogens (tertiary/aromatic N) is 3. The molecule has 212 valence electrons. The van der Waals surface area contributed by atoms with Gasteiger partial charge in [0.1, 0.15) is 5.82 Å². The average Bonchev–Trinajstić information content (AvgIpc) is 3.48. The number of aromatic nitrogens is 1. The Bertz CT molecular complexity index is 1450. The number of rotatable bonds is 8. The minimum atomic E-state index is -0.241. The first-order valence-corrected chi connectivity index (χ1v) is 14.5. The minimum absolute atomic E-state index is 0.000956. The molecule has 0 saturated carbocycles. The maximum absolute atomic E-state index is 13.5. The Balaban J connectivity index is 1.24. The number of carbonyl (C=O) groups is 2. The van der Waals surface area contributed by atoms with E-state index in [1.54, 1.807) is 18.5 Å². The van der Waals surface area contributed by atoms with Crippen LogP contribution in [0.2, 0.25) is 0 Å². The molecule has 41 heavy (non-hydrogen) atoms. The number of hydrogen-bond donors (Lipinski definition) is 3. The van der Waals surface area contributed by atoms with E-state index < -0.39 is 0 Å². The largest absolute Gasteiger partial charge is 0.345 e. The van der Waals surface area contributed by atoms with Gasteiger partial charge in [0.2, 0.25) is 0 Å². The number of amides is 2. The van der Waals surface area contributed by atoms with Crippen molar-refractivity contribution >= 4 is 24.4 Å². The highest BCUT2D eigenvalue weighted by molar-refractivity contribution is 7.84. The van der Waals surface area contributed by atoms with Crippen molar-refractivity contribution in [3.63, 3.8) is 0 Å². The smallest absolute Gasteiger partial charge is 0.256 e. The van der Waals surface area contributed by atoms with Gasteiger partial charge < -0.3 is 20.4 Å². The van der Waals surface area contributed by atoms with E-state index in [9.17, 15) is 9.59 Å². The summed E-state index contributed by atoms with van der Waals surface area (Å²) in [6.45, 7) is 4.70. The predicted molar refractivity (Wildman–Crippen MR) is 166 cm³/mol. The first kappa shape index (κ1) is 28.6. The van der Waals surface area contributed by atoms with Crippen LogP contribution in [-0.2, 0) is 0 Å². The molecule has 2 aromatic carbocycles. The Morgan fingerprint density at radius 3 is 2.44 bits per heavy atom. The molecule has 1 saturated heterocycles. The third-order valence-electron chi connectivity index (χ3n) is 7.99. The second-order valence-corrected chi connectivity index (χ2v) is 11.5. The Morgan fingerprint density at radius 1 is 1.00 bits per heavy atom. The van der Waals surface area contributed by atoms with E-state index in [4.69, 9.17) is 0 Å². The molecule has 2 heterocycles. The summed E-state index contributed by atoms with van der Waals surface area (Å²) in [4.78, 5) is 35.9. The van der Waals surface area contributed by atoms with Gasteiger partial charge in [-0.2, -0.15) is 0 Å². The molecule has 2 amide bonds.